The summed E-state index contributed by atoms with van der Waals surface area (Å²) in [5.41, 5.74) is 0. The minimum atomic E-state index is -1.00. The molecule has 0 radical (unpaired) electrons. The molecule has 0 aliphatic heterocycles. The first-order valence-electron chi connectivity index (χ1n) is 3.54. The van der Waals surface area contributed by atoms with Crippen molar-refractivity contribution < 1.29 is 19.8 Å². The minimum absolute atomic E-state index is 1.00. The van der Waals surface area contributed by atoms with Crippen molar-refractivity contribution in [1.82, 2.24) is 0 Å². The Hall–Kier alpha value is 0.385. The van der Waals surface area contributed by atoms with E-state index in [0.29, 0.717) is 0 Å². The molecule has 0 N–H and O–H groups in total. The molecule has 1 aliphatic rings. The van der Waals surface area contributed by atoms with Crippen molar-refractivity contribution in [2.75, 3.05) is 0 Å². The van der Waals surface area contributed by atoms with Crippen LogP contribution in [0, 0.1) is 0 Å². The maximum atomic E-state index is 2.46. The second-order valence-electron chi connectivity index (χ2n) is 3.64. The zero-order chi connectivity index (χ0) is 7.78. The van der Waals surface area contributed by atoms with Gasteiger partial charge in [-0.15, -0.1) is 0 Å². The topological polar surface area (TPSA) is 0 Å². The molecule has 0 saturated heterocycles. The molecule has 0 aromatic rings. The molecular weight excluding hydrogens is 319 g/mol. The first-order valence-corrected chi connectivity index (χ1v) is 8.18. The Balaban J connectivity index is 2.91. The number of hydrogen-bond donors (Lipinski definition) is 0. The van der Waals surface area contributed by atoms with Gasteiger partial charge >= 0.3 is 75.3 Å². The second kappa shape index (κ2) is 2.79. The van der Waals surface area contributed by atoms with Crippen LogP contribution in [0.15, 0.2) is 21.3 Å². The quantitative estimate of drug-likeness (QED) is 0.648. The molecule has 0 heterocycles. The third-order valence-electron chi connectivity index (χ3n) is 1.65. The standard InChI is InChI=1S/C8H13Si.Pt/c1-9(2,3)8-6-4-5-7-8;/h4,6H,5H2,1-3H3;. The van der Waals surface area contributed by atoms with Crippen LogP contribution in [-0.2, 0) is 19.8 Å². The van der Waals surface area contributed by atoms with Crippen LogP contribution >= 0.6 is 0 Å². The summed E-state index contributed by atoms with van der Waals surface area (Å²) in [6.45, 7) is 7.20. The molecule has 0 fully saturated rings. The molecule has 1 aliphatic carbocycles. The van der Waals surface area contributed by atoms with E-state index in [2.05, 4.69) is 51.6 Å². The molecule has 0 bridgehead atoms. The van der Waals surface area contributed by atoms with E-state index in [-0.39, 0.29) is 0 Å². The SMILES string of the molecule is C[Si](C)(C)C1=[C]([Pt])CC=C1. The second-order valence-corrected chi connectivity index (χ2v) is 10.0. The molecule has 0 unspecified atom stereocenters. The van der Waals surface area contributed by atoms with Crippen molar-refractivity contribution >= 4 is 8.07 Å². The monoisotopic (exact) mass is 332 g/mol. The maximum absolute atomic E-state index is 2.46. The third kappa shape index (κ3) is 1.70. The van der Waals surface area contributed by atoms with E-state index in [0.717, 1.165) is 0 Å². The normalized spacial score (nSPS) is 18.9. The number of rotatable bonds is 1. The predicted molar refractivity (Wildman–Crippen MR) is 44.1 cm³/mol. The predicted octanol–water partition coefficient (Wildman–Crippen LogP) is 2.62. The van der Waals surface area contributed by atoms with E-state index < -0.39 is 8.07 Å². The van der Waals surface area contributed by atoms with E-state index >= 15 is 0 Å². The first-order chi connectivity index (χ1) is 4.52. The molecule has 10 heavy (non-hydrogen) atoms. The van der Waals surface area contributed by atoms with Crippen LogP contribution in [0.3, 0.4) is 0 Å². The van der Waals surface area contributed by atoms with Crippen molar-refractivity contribution in [2.45, 2.75) is 26.1 Å². The van der Waals surface area contributed by atoms with Gasteiger partial charge in [0.2, 0.25) is 0 Å². The Morgan fingerprint density at radius 2 is 2.00 bits per heavy atom. The van der Waals surface area contributed by atoms with Gasteiger partial charge in [0.05, 0.1) is 0 Å². The Kier molecular flexibility index (Phi) is 2.36. The summed E-state index contributed by atoms with van der Waals surface area (Å²) < 4.78 is 1.57. The molecule has 2 heteroatoms. The van der Waals surface area contributed by atoms with Gasteiger partial charge in [0.1, 0.15) is 0 Å². The van der Waals surface area contributed by atoms with Crippen LogP contribution in [-0.4, -0.2) is 8.07 Å². The molecule has 59 valence electrons. The average molecular weight is 332 g/mol. The van der Waals surface area contributed by atoms with E-state index in [1.54, 1.807) is 9.16 Å². The van der Waals surface area contributed by atoms with Crippen molar-refractivity contribution in [3.8, 4) is 0 Å². The summed E-state index contributed by atoms with van der Waals surface area (Å²) in [5.74, 6) is 0. The summed E-state index contributed by atoms with van der Waals surface area (Å²) in [6.07, 6.45) is 5.77. The van der Waals surface area contributed by atoms with Gasteiger partial charge in [-0.05, 0) is 0 Å². The molecule has 0 aromatic heterocycles. The van der Waals surface area contributed by atoms with E-state index in [1.165, 1.54) is 6.42 Å². The Labute approximate surface area is 75.3 Å². The molecule has 0 aromatic carbocycles. The molecule has 0 saturated carbocycles. The van der Waals surface area contributed by atoms with Gasteiger partial charge in [-0.3, -0.25) is 0 Å². The molecule has 0 amide bonds. The zero-order valence-electron chi connectivity index (χ0n) is 6.68. The van der Waals surface area contributed by atoms with Crippen molar-refractivity contribution in [2.24, 2.45) is 0 Å². The van der Waals surface area contributed by atoms with Crippen LogP contribution in [0.5, 0.6) is 0 Å². The molecule has 0 atom stereocenters. The fourth-order valence-electron chi connectivity index (χ4n) is 1.10. The fourth-order valence-corrected chi connectivity index (χ4v) is 5.60. The average Bonchev–Trinajstić information content (AvgIpc) is 2.11. The van der Waals surface area contributed by atoms with Crippen LogP contribution < -0.4 is 0 Å². The molecule has 0 spiro atoms. The summed E-state index contributed by atoms with van der Waals surface area (Å²) in [6, 6.07) is 0. The zero-order valence-corrected chi connectivity index (χ0v) is 9.95. The van der Waals surface area contributed by atoms with E-state index in [9.17, 15) is 0 Å². The Morgan fingerprint density at radius 1 is 1.40 bits per heavy atom. The van der Waals surface area contributed by atoms with Crippen molar-refractivity contribution in [1.29, 1.82) is 0 Å². The third-order valence-corrected chi connectivity index (χ3v) is 5.33. The van der Waals surface area contributed by atoms with Gasteiger partial charge in [-0.1, -0.05) is 0 Å². The molecule has 1 rings (SSSR count). The summed E-state index contributed by atoms with van der Waals surface area (Å²) in [7, 11) is -1.00. The van der Waals surface area contributed by atoms with Crippen LogP contribution in [0.2, 0.25) is 19.6 Å². The van der Waals surface area contributed by atoms with Crippen LogP contribution in [0.1, 0.15) is 6.42 Å². The van der Waals surface area contributed by atoms with Gasteiger partial charge in [-0.2, -0.15) is 0 Å². The Morgan fingerprint density at radius 3 is 2.20 bits per heavy atom. The van der Waals surface area contributed by atoms with Crippen LogP contribution in [0.4, 0.5) is 0 Å². The Bertz CT molecular complexity index is 196. The first kappa shape index (κ1) is 8.48. The van der Waals surface area contributed by atoms with Gasteiger partial charge < -0.3 is 0 Å². The summed E-state index contributed by atoms with van der Waals surface area (Å²) in [4.78, 5) is 0. The summed E-state index contributed by atoms with van der Waals surface area (Å²) >= 11 is 2.46. The number of hydrogen-bond acceptors (Lipinski definition) is 0. The van der Waals surface area contributed by atoms with E-state index in [1.807, 2.05) is 0 Å². The van der Waals surface area contributed by atoms with Crippen LogP contribution in [0.25, 0.3) is 0 Å². The van der Waals surface area contributed by atoms with Crippen molar-refractivity contribution in [3.05, 3.63) is 21.3 Å². The number of allylic oxidation sites excluding steroid dienone is 4. The molecular formula is C8H13PtSi. The van der Waals surface area contributed by atoms with Gasteiger partial charge in [0, 0.05) is 0 Å². The van der Waals surface area contributed by atoms with Crippen molar-refractivity contribution in [3.63, 3.8) is 0 Å². The van der Waals surface area contributed by atoms with Gasteiger partial charge in [-0.25, -0.2) is 0 Å². The van der Waals surface area contributed by atoms with Gasteiger partial charge in [0.15, 0.2) is 0 Å². The fraction of sp³-hybridized carbons (Fsp3) is 0.500. The van der Waals surface area contributed by atoms with E-state index in [4.69, 9.17) is 0 Å². The molecule has 0 nitrogen and oxygen atoms in total. The van der Waals surface area contributed by atoms with Gasteiger partial charge in [0.25, 0.3) is 0 Å². The summed E-state index contributed by atoms with van der Waals surface area (Å²) in [5, 5.41) is 1.65.